The second-order valence-electron chi connectivity index (χ2n) is 5.65. The topological polar surface area (TPSA) is 64.8 Å². The molecule has 2 aromatic heterocycles. The summed E-state index contributed by atoms with van der Waals surface area (Å²) in [5.74, 6) is 1.06. The van der Waals surface area contributed by atoms with Crippen LogP contribution >= 0.6 is 0 Å². The summed E-state index contributed by atoms with van der Waals surface area (Å²) in [4.78, 5) is 18.7. The van der Waals surface area contributed by atoms with Gasteiger partial charge in [0.2, 0.25) is 5.88 Å². The molecule has 2 aromatic rings. The number of morpholine rings is 1. The van der Waals surface area contributed by atoms with Gasteiger partial charge in [-0.2, -0.15) is 0 Å². The Morgan fingerprint density at radius 1 is 1.35 bits per heavy atom. The van der Waals surface area contributed by atoms with Gasteiger partial charge in [0.1, 0.15) is 17.6 Å². The molecule has 1 saturated heterocycles. The fourth-order valence-corrected chi connectivity index (χ4v) is 2.48. The number of carbonyl (C=O) groups excluding carboxylic acids is 1. The van der Waals surface area contributed by atoms with Gasteiger partial charge < -0.3 is 18.8 Å². The van der Waals surface area contributed by atoms with E-state index in [9.17, 15) is 4.79 Å². The summed E-state index contributed by atoms with van der Waals surface area (Å²) >= 11 is 0. The van der Waals surface area contributed by atoms with Crippen molar-refractivity contribution in [2.45, 2.75) is 26.1 Å². The van der Waals surface area contributed by atoms with Crippen molar-refractivity contribution in [3.8, 4) is 5.88 Å². The van der Waals surface area contributed by atoms with Crippen molar-refractivity contribution in [1.82, 2.24) is 9.88 Å². The van der Waals surface area contributed by atoms with Gasteiger partial charge >= 0.3 is 0 Å². The average molecular weight is 316 g/mol. The molecular formula is C17H20N2O4. The van der Waals surface area contributed by atoms with Crippen LogP contribution < -0.4 is 4.74 Å². The van der Waals surface area contributed by atoms with E-state index in [0.717, 1.165) is 5.76 Å². The van der Waals surface area contributed by atoms with E-state index >= 15 is 0 Å². The van der Waals surface area contributed by atoms with Gasteiger partial charge in [-0.1, -0.05) is 6.07 Å². The van der Waals surface area contributed by atoms with Crippen LogP contribution in [-0.2, 0) is 4.74 Å². The van der Waals surface area contributed by atoms with E-state index in [1.165, 1.54) is 0 Å². The Labute approximate surface area is 135 Å². The molecule has 0 radical (unpaired) electrons. The Morgan fingerprint density at radius 3 is 2.96 bits per heavy atom. The van der Waals surface area contributed by atoms with E-state index in [1.807, 2.05) is 26.0 Å². The molecule has 0 spiro atoms. The van der Waals surface area contributed by atoms with Crippen molar-refractivity contribution < 1.29 is 18.7 Å². The lowest BCUT2D eigenvalue weighted by molar-refractivity contribution is -0.0323. The quantitative estimate of drug-likeness (QED) is 0.867. The molecule has 1 aliphatic heterocycles. The van der Waals surface area contributed by atoms with E-state index in [-0.39, 0.29) is 18.1 Å². The maximum atomic E-state index is 12.7. The fraction of sp³-hybridized carbons (Fsp3) is 0.412. The lowest BCUT2D eigenvalue weighted by Crippen LogP contribution is -2.42. The molecule has 0 bridgehead atoms. The van der Waals surface area contributed by atoms with Gasteiger partial charge in [-0.3, -0.25) is 4.79 Å². The second-order valence-corrected chi connectivity index (χ2v) is 5.65. The molecule has 6 heteroatoms. The minimum Gasteiger partial charge on any atom is -0.475 e. The Balaban J connectivity index is 1.72. The van der Waals surface area contributed by atoms with E-state index in [2.05, 4.69) is 4.98 Å². The molecule has 3 heterocycles. The van der Waals surface area contributed by atoms with Gasteiger partial charge in [0.25, 0.3) is 5.91 Å². The summed E-state index contributed by atoms with van der Waals surface area (Å²) < 4.78 is 16.6. The van der Waals surface area contributed by atoms with Gasteiger partial charge in [-0.05, 0) is 32.0 Å². The van der Waals surface area contributed by atoms with Gasteiger partial charge in [-0.25, -0.2) is 4.98 Å². The summed E-state index contributed by atoms with van der Waals surface area (Å²) in [6.45, 7) is 5.30. The highest BCUT2D eigenvalue weighted by Crippen LogP contribution is 2.23. The minimum atomic E-state index is -0.238. The first-order valence-electron chi connectivity index (χ1n) is 7.71. The normalized spacial score (nSPS) is 18.2. The number of amides is 1. The highest BCUT2D eigenvalue weighted by Gasteiger charge is 2.28. The Morgan fingerprint density at radius 2 is 2.22 bits per heavy atom. The maximum absolute atomic E-state index is 12.7. The summed E-state index contributed by atoms with van der Waals surface area (Å²) in [7, 11) is 0. The van der Waals surface area contributed by atoms with E-state index in [4.69, 9.17) is 13.9 Å². The van der Waals surface area contributed by atoms with Gasteiger partial charge in [0, 0.05) is 12.6 Å². The molecule has 1 amide bonds. The number of hydrogen-bond acceptors (Lipinski definition) is 5. The van der Waals surface area contributed by atoms with Gasteiger partial charge in [-0.15, -0.1) is 0 Å². The van der Waals surface area contributed by atoms with E-state index in [1.54, 1.807) is 29.4 Å². The van der Waals surface area contributed by atoms with Crippen molar-refractivity contribution in [3.63, 3.8) is 0 Å². The molecule has 0 N–H and O–H groups in total. The van der Waals surface area contributed by atoms with Crippen LogP contribution in [0.25, 0.3) is 0 Å². The lowest BCUT2D eigenvalue weighted by atomic mass is 10.2. The first kappa shape index (κ1) is 15.6. The van der Waals surface area contributed by atoms with Crippen LogP contribution in [-0.4, -0.2) is 41.6 Å². The van der Waals surface area contributed by atoms with Crippen LogP contribution in [0, 0.1) is 0 Å². The molecule has 0 unspecified atom stereocenters. The summed E-state index contributed by atoms with van der Waals surface area (Å²) in [6.07, 6.45) is 1.38. The maximum Gasteiger partial charge on any atom is 0.272 e. The van der Waals surface area contributed by atoms with Crippen molar-refractivity contribution in [1.29, 1.82) is 0 Å². The van der Waals surface area contributed by atoms with Gasteiger partial charge in [0.15, 0.2) is 0 Å². The minimum absolute atomic E-state index is 0.0135. The number of hydrogen-bond donors (Lipinski definition) is 0. The highest BCUT2D eigenvalue weighted by molar-refractivity contribution is 5.92. The molecule has 6 nitrogen and oxygen atoms in total. The zero-order chi connectivity index (χ0) is 16.2. The van der Waals surface area contributed by atoms with Gasteiger partial charge in [0.05, 0.1) is 25.5 Å². The predicted octanol–water partition coefficient (Wildman–Crippen LogP) is 2.68. The summed E-state index contributed by atoms with van der Waals surface area (Å²) in [5, 5.41) is 0. The molecule has 0 aliphatic carbocycles. The van der Waals surface area contributed by atoms with Crippen LogP contribution in [0.5, 0.6) is 5.88 Å². The molecule has 23 heavy (non-hydrogen) atoms. The number of furan rings is 1. The first-order valence-corrected chi connectivity index (χ1v) is 7.71. The molecule has 0 saturated carbocycles. The second kappa shape index (κ2) is 6.83. The van der Waals surface area contributed by atoms with E-state index < -0.39 is 0 Å². The standard InChI is InChI=1S/C17H20N2O4/c1-12(2)23-16-7-3-5-13(18-16)17(20)19-8-10-22-15(11-19)14-6-4-9-21-14/h3-7,9,12,15H,8,10-11H2,1-2H3/t15-/m0/s1. The Hall–Kier alpha value is -2.34. The molecule has 1 fully saturated rings. The predicted molar refractivity (Wildman–Crippen MR) is 83.3 cm³/mol. The van der Waals surface area contributed by atoms with Crippen LogP contribution in [0.3, 0.4) is 0 Å². The highest BCUT2D eigenvalue weighted by atomic mass is 16.5. The zero-order valence-corrected chi connectivity index (χ0v) is 13.3. The molecule has 1 aliphatic rings. The first-order chi connectivity index (χ1) is 11.1. The third-order valence-electron chi connectivity index (χ3n) is 3.51. The largest absolute Gasteiger partial charge is 0.475 e. The lowest BCUT2D eigenvalue weighted by Gasteiger charge is -2.31. The fourth-order valence-electron chi connectivity index (χ4n) is 2.48. The summed E-state index contributed by atoms with van der Waals surface area (Å²) in [6, 6.07) is 8.90. The monoisotopic (exact) mass is 316 g/mol. The molecule has 1 atom stereocenters. The van der Waals surface area contributed by atoms with Crippen molar-refractivity contribution >= 4 is 5.91 Å². The Bertz CT molecular complexity index is 654. The van der Waals surface area contributed by atoms with Crippen LogP contribution in [0.1, 0.15) is 36.2 Å². The number of carbonyl (C=O) groups is 1. The number of ether oxygens (including phenoxy) is 2. The number of nitrogens with zero attached hydrogens (tertiary/aromatic N) is 2. The third kappa shape index (κ3) is 3.71. The number of aromatic nitrogens is 1. The smallest absolute Gasteiger partial charge is 0.272 e. The van der Waals surface area contributed by atoms with Crippen LogP contribution in [0.4, 0.5) is 0 Å². The van der Waals surface area contributed by atoms with Crippen molar-refractivity contribution in [2.75, 3.05) is 19.7 Å². The van der Waals surface area contributed by atoms with Crippen LogP contribution in [0.15, 0.2) is 41.0 Å². The van der Waals surface area contributed by atoms with Crippen LogP contribution in [0.2, 0.25) is 0 Å². The molecule has 122 valence electrons. The number of rotatable bonds is 4. The molecular weight excluding hydrogens is 296 g/mol. The average Bonchev–Trinajstić information content (AvgIpc) is 3.08. The van der Waals surface area contributed by atoms with Crippen molar-refractivity contribution in [3.05, 3.63) is 48.0 Å². The Kier molecular flexibility index (Phi) is 4.62. The molecule has 3 rings (SSSR count). The zero-order valence-electron chi connectivity index (χ0n) is 13.3. The van der Waals surface area contributed by atoms with Crippen molar-refractivity contribution in [2.24, 2.45) is 0 Å². The SMILES string of the molecule is CC(C)Oc1cccc(C(=O)N2CCO[C@H](c3ccco3)C2)n1. The summed E-state index contributed by atoms with van der Waals surface area (Å²) in [5.41, 5.74) is 0.378. The molecule has 0 aromatic carbocycles. The number of pyridine rings is 1. The third-order valence-corrected chi connectivity index (χ3v) is 3.51. The van der Waals surface area contributed by atoms with E-state index in [0.29, 0.717) is 31.3 Å².